The monoisotopic (exact) mass is 284 g/mol. The van der Waals surface area contributed by atoms with E-state index in [9.17, 15) is 4.39 Å². The summed E-state index contributed by atoms with van der Waals surface area (Å²) in [6, 6.07) is 4.51. The number of benzene rings is 1. The van der Waals surface area contributed by atoms with Crippen LogP contribution in [0.15, 0.2) is 18.2 Å². The maximum Gasteiger partial charge on any atom is 0.141 e. The summed E-state index contributed by atoms with van der Waals surface area (Å²) in [6.07, 6.45) is 0. The number of aromatic nitrogens is 1. The third kappa shape index (κ3) is 2.49. The second kappa shape index (κ2) is 4.52. The van der Waals surface area contributed by atoms with Crippen molar-refractivity contribution in [3.63, 3.8) is 0 Å². The van der Waals surface area contributed by atoms with Crippen LogP contribution in [-0.2, 0) is 5.41 Å². The van der Waals surface area contributed by atoms with E-state index in [2.05, 4.69) is 25.8 Å². The number of nitrogens with two attached hydrogens (primary N) is 1. The number of hydrogen-bond donors (Lipinski definition) is 1. The zero-order valence-electron chi connectivity index (χ0n) is 10.4. The minimum atomic E-state index is -0.440. The van der Waals surface area contributed by atoms with Crippen LogP contribution in [0, 0.1) is 5.82 Å². The molecule has 18 heavy (non-hydrogen) atoms. The topological polar surface area (TPSA) is 38.9 Å². The number of nitrogen functional groups attached to an aromatic ring is 1. The Morgan fingerprint density at radius 1 is 1.33 bits per heavy atom. The standard InChI is InChI=1S/C13H14ClFN2S/c1-13(2,3)12-17-10(11(16)18-12)7-4-5-9(15)8(14)6-7/h4-6H,16H2,1-3H3. The molecule has 0 saturated carbocycles. The quantitative estimate of drug-likeness (QED) is 0.838. The molecule has 96 valence electrons. The number of hydrogen-bond acceptors (Lipinski definition) is 3. The van der Waals surface area contributed by atoms with Gasteiger partial charge in [-0.15, -0.1) is 11.3 Å². The van der Waals surface area contributed by atoms with E-state index in [4.69, 9.17) is 17.3 Å². The van der Waals surface area contributed by atoms with Crippen LogP contribution >= 0.6 is 22.9 Å². The highest BCUT2D eigenvalue weighted by Crippen LogP contribution is 2.37. The smallest absolute Gasteiger partial charge is 0.141 e. The Morgan fingerprint density at radius 2 is 2.00 bits per heavy atom. The van der Waals surface area contributed by atoms with Crippen LogP contribution in [0.3, 0.4) is 0 Å². The predicted molar refractivity (Wildman–Crippen MR) is 75.6 cm³/mol. The molecule has 0 saturated heterocycles. The highest BCUT2D eigenvalue weighted by Gasteiger charge is 2.21. The minimum absolute atomic E-state index is 0.0547. The van der Waals surface area contributed by atoms with E-state index in [1.54, 1.807) is 12.1 Å². The van der Waals surface area contributed by atoms with Crippen LogP contribution in [0.5, 0.6) is 0 Å². The molecule has 0 aliphatic carbocycles. The van der Waals surface area contributed by atoms with Crippen LogP contribution < -0.4 is 5.73 Å². The zero-order chi connectivity index (χ0) is 13.5. The first-order chi connectivity index (χ1) is 8.29. The van der Waals surface area contributed by atoms with Gasteiger partial charge in [-0.05, 0) is 18.2 Å². The molecule has 0 bridgehead atoms. The largest absolute Gasteiger partial charge is 0.389 e. The SMILES string of the molecule is CC(C)(C)c1nc(-c2ccc(F)c(Cl)c2)c(N)s1. The molecule has 0 fully saturated rings. The van der Waals surface area contributed by atoms with Crippen molar-refractivity contribution in [2.75, 3.05) is 5.73 Å². The fraction of sp³-hybridized carbons (Fsp3) is 0.308. The van der Waals surface area contributed by atoms with Crippen LogP contribution in [0.25, 0.3) is 11.3 Å². The number of thiazole rings is 1. The first kappa shape index (κ1) is 13.3. The van der Waals surface area contributed by atoms with Crippen molar-refractivity contribution in [2.45, 2.75) is 26.2 Å². The number of nitrogens with zero attached hydrogens (tertiary/aromatic N) is 1. The summed E-state index contributed by atoms with van der Waals surface area (Å²) in [5, 5.41) is 1.66. The lowest BCUT2D eigenvalue weighted by molar-refractivity contribution is 0.586. The predicted octanol–water partition coefficient (Wildman–Crippen LogP) is 4.48. The third-order valence-electron chi connectivity index (χ3n) is 2.49. The van der Waals surface area contributed by atoms with Gasteiger partial charge in [0.2, 0.25) is 0 Å². The minimum Gasteiger partial charge on any atom is -0.389 e. The maximum absolute atomic E-state index is 13.1. The first-order valence-corrected chi connectivity index (χ1v) is 6.70. The summed E-state index contributed by atoms with van der Waals surface area (Å²) in [5.74, 6) is -0.440. The van der Waals surface area contributed by atoms with E-state index in [1.807, 2.05) is 0 Å². The number of rotatable bonds is 1. The Balaban J connectivity index is 2.51. The molecule has 2 aromatic rings. The molecular formula is C13H14ClFN2S. The first-order valence-electron chi connectivity index (χ1n) is 5.51. The Hall–Kier alpha value is -1.13. The second-order valence-corrected chi connectivity index (χ2v) is 6.55. The van der Waals surface area contributed by atoms with Crippen LogP contribution in [-0.4, -0.2) is 4.98 Å². The van der Waals surface area contributed by atoms with Crippen molar-refractivity contribution in [3.05, 3.63) is 34.0 Å². The molecule has 0 aliphatic heterocycles. The van der Waals surface area contributed by atoms with Gasteiger partial charge >= 0.3 is 0 Å². The summed E-state index contributed by atoms with van der Waals surface area (Å²) < 4.78 is 13.1. The summed E-state index contributed by atoms with van der Waals surface area (Å²) in [6.45, 7) is 6.23. The van der Waals surface area contributed by atoms with Gasteiger partial charge in [0.25, 0.3) is 0 Å². The molecule has 0 amide bonds. The molecule has 0 radical (unpaired) electrons. The Labute approximate surface area is 115 Å². The third-order valence-corrected chi connectivity index (χ3v) is 4.09. The fourth-order valence-electron chi connectivity index (χ4n) is 1.50. The highest BCUT2D eigenvalue weighted by atomic mass is 35.5. The molecule has 2 N–H and O–H groups in total. The van der Waals surface area contributed by atoms with Crippen molar-refractivity contribution < 1.29 is 4.39 Å². The van der Waals surface area contributed by atoms with E-state index < -0.39 is 5.82 Å². The van der Waals surface area contributed by atoms with Crippen molar-refractivity contribution >= 4 is 27.9 Å². The lowest BCUT2D eigenvalue weighted by Gasteiger charge is -2.13. The van der Waals surface area contributed by atoms with E-state index >= 15 is 0 Å². The van der Waals surface area contributed by atoms with Gasteiger partial charge in [0.1, 0.15) is 21.5 Å². The van der Waals surface area contributed by atoms with Gasteiger partial charge in [-0.2, -0.15) is 0 Å². The van der Waals surface area contributed by atoms with Gasteiger partial charge in [0, 0.05) is 11.0 Å². The van der Waals surface area contributed by atoms with E-state index in [0.717, 1.165) is 10.6 Å². The molecule has 2 nitrogen and oxygen atoms in total. The Kier molecular flexibility index (Phi) is 3.34. The van der Waals surface area contributed by atoms with Crippen molar-refractivity contribution in [2.24, 2.45) is 0 Å². The fourth-order valence-corrected chi connectivity index (χ4v) is 2.60. The van der Waals surface area contributed by atoms with Crippen LogP contribution in [0.4, 0.5) is 9.39 Å². The molecule has 0 spiro atoms. The van der Waals surface area contributed by atoms with Gasteiger partial charge in [-0.3, -0.25) is 0 Å². The lowest BCUT2D eigenvalue weighted by Crippen LogP contribution is -2.10. The van der Waals surface area contributed by atoms with E-state index in [-0.39, 0.29) is 10.4 Å². The van der Waals surface area contributed by atoms with Crippen LogP contribution in [0.1, 0.15) is 25.8 Å². The van der Waals surface area contributed by atoms with Crippen LogP contribution in [0.2, 0.25) is 5.02 Å². The molecule has 1 heterocycles. The summed E-state index contributed by atoms with van der Waals surface area (Å²) >= 11 is 7.23. The summed E-state index contributed by atoms with van der Waals surface area (Å²) in [4.78, 5) is 4.53. The molecule has 0 atom stereocenters. The van der Waals surface area contributed by atoms with Gasteiger partial charge in [-0.1, -0.05) is 32.4 Å². The Morgan fingerprint density at radius 3 is 2.50 bits per heavy atom. The van der Waals surface area contributed by atoms with E-state index in [1.165, 1.54) is 17.4 Å². The molecular weight excluding hydrogens is 271 g/mol. The Bertz CT molecular complexity index is 587. The summed E-state index contributed by atoms with van der Waals surface area (Å²) in [5.41, 5.74) is 7.34. The molecule has 1 aromatic carbocycles. The van der Waals surface area contributed by atoms with Gasteiger partial charge in [-0.25, -0.2) is 9.37 Å². The van der Waals surface area contributed by atoms with Gasteiger partial charge < -0.3 is 5.73 Å². The number of anilines is 1. The van der Waals surface area contributed by atoms with Crippen molar-refractivity contribution in [1.82, 2.24) is 4.98 Å². The summed E-state index contributed by atoms with van der Waals surface area (Å²) in [7, 11) is 0. The molecule has 5 heteroatoms. The second-order valence-electron chi connectivity index (χ2n) is 5.11. The molecule has 0 aliphatic rings. The van der Waals surface area contributed by atoms with Gasteiger partial charge in [0.05, 0.1) is 5.02 Å². The zero-order valence-corrected chi connectivity index (χ0v) is 12.0. The molecule has 0 unspecified atom stereocenters. The van der Waals surface area contributed by atoms with Gasteiger partial charge in [0.15, 0.2) is 0 Å². The van der Waals surface area contributed by atoms with Crippen molar-refractivity contribution in [3.8, 4) is 11.3 Å². The molecule has 2 rings (SSSR count). The lowest BCUT2D eigenvalue weighted by atomic mass is 9.98. The maximum atomic E-state index is 13.1. The normalized spacial score (nSPS) is 11.8. The highest BCUT2D eigenvalue weighted by molar-refractivity contribution is 7.16. The molecule has 1 aromatic heterocycles. The van der Waals surface area contributed by atoms with E-state index in [0.29, 0.717) is 10.7 Å². The average Bonchev–Trinajstić information content (AvgIpc) is 2.64. The van der Waals surface area contributed by atoms with Crippen molar-refractivity contribution in [1.29, 1.82) is 0 Å². The average molecular weight is 285 g/mol. The number of halogens is 2.